The molecule has 0 radical (unpaired) electrons. The molecule has 0 spiro atoms. The summed E-state index contributed by atoms with van der Waals surface area (Å²) < 4.78 is 30.9. The van der Waals surface area contributed by atoms with Gasteiger partial charge in [0, 0.05) is 18.7 Å². The lowest BCUT2D eigenvalue weighted by molar-refractivity contribution is 0.250. The number of methoxy groups -OCH3 is 2. The van der Waals surface area contributed by atoms with Crippen LogP contribution in [0.5, 0.6) is 17.2 Å². The van der Waals surface area contributed by atoms with Crippen LogP contribution in [0.15, 0.2) is 30.3 Å². The van der Waals surface area contributed by atoms with Crippen molar-refractivity contribution in [2.45, 2.75) is 12.5 Å². The molecule has 0 aromatic heterocycles. The van der Waals surface area contributed by atoms with Crippen molar-refractivity contribution in [1.29, 1.82) is 0 Å². The second kappa shape index (κ2) is 8.59. The summed E-state index contributed by atoms with van der Waals surface area (Å²) in [6.07, 6.45) is 0.873. The fourth-order valence-electron chi connectivity index (χ4n) is 3.38. The van der Waals surface area contributed by atoms with Crippen molar-refractivity contribution in [2.24, 2.45) is 0 Å². The first kappa shape index (κ1) is 19.5. The summed E-state index contributed by atoms with van der Waals surface area (Å²) in [6, 6.07) is 8.48. The van der Waals surface area contributed by atoms with Gasteiger partial charge in [-0.25, -0.2) is 4.39 Å². The molecule has 0 fully saturated rings. The number of hydrogen-bond donors (Lipinski definition) is 1. The van der Waals surface area contributed by atoms with Crippen molar-refractivity contribution < 1.29 is 18.6 Å². The molecule has 2 aromatic rings. The van der Waals surface area contributed by atoms with Crippen molar-refractivity contribution in [2.75, 3.05) is 48.0 Å². The van der Waals surface area contributed by atoms with Gasteiger partial charge in [0.2, 0.25) is 0 Å². The highest BCUT2D eigenvalue weighted by molar-refractivity contribution is 5.53. The van der Waals surface area contributed by atoms with E-state index in [1.807, 2.05) is 26.2 Å². The Balaban J connectivity index is 2.00. The lowest BCUT2D eigenvalue weighted by Crippen LogP contribution is -2.31. The monoisotopic (exact) mass is 374 g/mol. The van der Waals surface area contributed by atoms with Crippen LogP contribution in [0.4, 0.5) is 4.39 Å². The number of benzene rings is 2. The first-order valence-corrected chi connectivity index (χ1v) is 9.08. The van der Waals surface area contributed by atoms with Crippen LogP contribution in [0.3, 0.4) is 0 Å². The average Bonchev–Trinajstić information content (AvgIpc) is 2.66. The zero-order valence-electron chi connectivity index (χ0n) is 16.3. The Labute approximate surface area is 160 Å². The molecule has 1 aliphatic heterocycles. The summed E-state index contributed by atoms with van der Waals surface area (Å²) in [5, 5.41) is 3.48. The van der Waals surface area contributed by atoms with E-state index in [2.05, 4.69) is 10.2 Å². The molecule has 1 N–H and O–H groups in total. The van der Waals surface area contributed by atoms with Crippen LogP contribution in [0.2, 0.25) is 0 Å². The average molecular weight is 374 g/mol. The van der Waals surface area contributed by atoms with Gasteiger partial charge < -0.3 is 24.4 Å². The van der Waals surface area contributed by atoms with Crippen molar-refractivity contribution in [1.82, 2.24) is 10.2 Å². The smallest absolute Gasteiger partial charge is 0.161 e. The summed E-state index contributed by atoms with van der Waals surface area (Å²) >= 11 is 0. The molecule has 0 saturated heterocycles. The van der Waals surface area contributed by atoms with E-state index < -0.39 is 0 Å². The fraction of sp³-hybridized carbons (Fsp3) is 0.429. The maximum atomic E-state index is 13.9. The van der Waals surface area contributed by atoms with Gasteiger partial charge in [0.15, 0.2) is 11.5 Å². The topological polar surface area (TPSA) is 43.0 Å². The first-order valence-electron chi connectivity index (χ1n) is 9.08. The molecular formula is C21H27FN2O3. The third-order valence-electron chi connectivity index (χ3n) is 4.78. The van der Waals surface area contributed by atoms with Gasteiger partial charge >= 0.3 is 0 Å². The lowest BCUT2D eigenvalue weighted by atomic mass is 9.89. The van der Waals surface area contributed by atoms with Crippen LogP contribution in [-0.4, -0.2) is 52.9 Å². The Hall–Kier alpha value is -2.31. The van der Waals surface area contributed by atoms with Gasteiger partial charge in [-0.3, -0.25) is 0 Å². The Morgan fingerprint density at radius 2 is 1.81 bits per heavy atom. The van der Waals surface area contributed by atoms with E-state index >= 15 is 0 Å². The third kappa shape index (κ3) is 4.34. The summed E-state index contributed by atoms with van der Waals surface area (Å²) in [7, 11) is 7.26. The molecule has 0 bridgehead atoms. The highest BCUT2D eigenvalue weighted by Gasteiger charge is 2.26. The van der Waals surface area contributed by atoms with Crippen LogP contribution in [-0.2, 0) is 6.42 Å². The van der Waals surface area contributed by atoms with Crippen LogP contribution in [0.1, 0.15) is 22.7 Å². The van der Waals surface area contributed by atoms with E-state index in [1.54, 1.807) is 20.3 Å². The second-order valence-electron chi connectivity index (χ2n) is 6.88. The van der Waals surface area contributed by atoms with Gasteiger partial charge in [0.1, 0.15) is 18.2 Å². The van der Waals surface area contributed by atoms with E-state index in [-0.39, 0.29) is 11.9 Å². The van der Waals surface area contributed by atoms with E-state index in [9.17, 15) is 4.39 Å². The molecule has 27 heavy (non-hydrogen) atoms. The molecular weight excluding hydrogens is 347 g/mol. The quantitative estimate of drug-likeness (QED) is 0.807. The number of likely N-dealkylation sites (N-methyl/N-ethyl adjacent to an activating group) is 1. The molecule has 0 saturated carbocycles. The number of hydrogen-bond acceptors (Lipinski definition) is 5. The number of nitrogens with one attached hydrogen (secondary N) is 1. The molecule has 1 heterocycles. The Kier molecular flexibility index (Phi) is 6.19. The lowest BCUT2D eigenvalue weighted by Gasteiger charge is -2.29. The highest BCUT2D eigenvalue weighted by atomic mass is 19.1. The zero-order chi connectivity index (χ0) is 19.4. The van der Waals surface area contributed by atoms with E-state index in [4.69, 9.17) is 14.2 Å². The third-order valence-corrected chi connectivity index (χ3v) is 4.78. The minimum absolute atomic E-state index is 0.165. The van der Waals surface area contributed by atoms with Crippen LogP contribution in [0, 0.1) is 5.82 Å². The maximum absolute atomic E-state index is 13.9. The fourth-order valence-corrected chi connectivity index (χ4v) is 3.38. The highest BCUT2D eigenvalue weighted by Crippen LogP contribution is 2.40. The normalized spacial score (nSPS) is 16.1. The van der Waals surface area contributed by atoms with E-state index in [0.29, 0.717) is 18.1 Å². The summed E-state index contributed by atoms with van der Waals surface area (Å²) in [4.78, 5) is 2.06. The maximum Gasteiger partial charge on any atom is 0.161 e. The van der Waals surface area contributed by atoms with Gasteiger partial charge in [-0.05, 0) is 62.0 Å². The molecule has 1 atom stereocenters. The predicted octanol–water partition coefficient (Wildman–Crippen LogP) is 3.02. The minimum atomic E-state index is -0.282. The first-order chi connectivity index (χ1) is 13.0. The molecule has 3 rings (SSSR count). The molecule has 1 unspecified atom stereocenters. The molecule has 5 nitrogen and oxygen atoms in total. The second-order valence-corrected chi connectivity index (χ2v) is 6.88. The van der Waals surface area contributed by atoms with Gasteiger partial charge in [-0.1, -0.05) is 0 Å². The minimum Gasteiger partial charge on any atom is -0.496 e. The number of ether oxygens (including phenoxy) is 3. The SMILES string of the molecule is COc1cc2c(cc1OCCN(C)C)C(c1cc(F)ccc1OC)NCC2. The molecule has 1 aliphatic rings. The summed E-state index contributed by atoms with van der Waals surface area (Å²) in [5.74, 6) is 1.80. The van der Waals surface area contributed by atoms with Crippen LogP contribution >= 0.6 is 0 Å². The van der Waals surface area contributed by atoms with Gasteiger partial charge in [-0.2, -0.15) is 0 Å². The van der Waals surface area contributed by atoms with E-state index in [0.717, 1.165) is 36.4 Å². The van der Waals surface area contributed by atoms with Crippen molar-refractivity contribution in [3.63, 3.8) is 0 Å². The van der Waals surface area contributed by atoms with Crippen molar-refractivity contribution >= 4 is 0 Å². The summed E-state index contributed by atoms with van der Waals surface area (Å²) in [6.45, 7) is 2.16. The van der Waals surface area contributed by atoms with Crippen molar-refractivity contribution in [3.05, 3.63) is 52.8 Å². The van der Waals surface area contributed by atoms with Crippen LogP contribution < -0.4 is 19.5 Å². The van der Waals surface area contributed by atoms with Crippen molar-refractivity contribution in [3.8, 4) is 17.2 Å². The molecule has 146 valence electrons. The van der Waals surface area contributed by atoms with Gasteiger partial charge in [0.25, 0.3) is 0 Å². The largest absolute Gasteiger partial charge is 0.496 e. The molecule has 2 aromatic carbocycles. The Bertz CT molecular complexity index is 795. The van der Waals surface area contributed by atoms with E-state index in [1.165, 1.54) is 17.7 Å². The predicted molar refractivity (Wildman–Crippen MR) is 104 cm³/mol. The summed E-state index contributed by atoms with van der Waals surface area (Å²) in [5.41, 5.74) is 3.01. The van der Waals surface area contributed by atoms with Gasteiger partial charge in [-0.15, -0.1) is 0 Å². The standard InChI is InChI=1S/C21H27FN2O3/c1-24(2)9-10-27-20-13-16-14(11-19(20)26-4)7-8-23-21(16)17-12-15(22)5-6-18(17)25-3/h5-6,11-13,21,23H,7-10H2,1-4H3. The molecule has 0 amide bonds. The number of halogens is 1. The molecule has 6 heteroatoms. The molecule has 0 aliphatic carbocycles. The Morgan fingerprint density at radius 1 is 1.04 bits per heavy atom. The number of nitrogens with zero attached hydrogens (tertiary/aromatic N) is 1. The van der Waals surface area contributed by atoms with Crippen LogP contribution in [0.25, 0.3) is 0 Å². The number of fused-ring (bicyclic) bond motifs is 1. The van der Waals surface area contributed by atoms with Gasteiger partial charge in [0.05, 0.1) is 20.3 Å². The number of rotatable bonds is 7. The zero-order valence-corrected chi connectivity index (χ0v) is 16.3. The Morgan fingerprint density at radius 3 is 2.52 bits per heavy atom.